The number of rotatable bonds is 3. The maximum Gasteiger partial charge on any atom is 0.254 e. The molecule has 2 aliphatic rings. The van der Waals surface area contributed by atoms with Crippen molar-refractivity contribution in [1.82, 2.24) is 9.80 Å². The van der Waals surface area contributed by atoms with Gasteiger partial charge < -0.3 is 19.3 Å². The molecule has 6 nitrogen and oxygen atoms in total. The fourth-order valence-electron chi connectivity index (χ4n) is 3.64. The van der Waals surface area contributed by atoms with E-state index in [1.807, 2.05) is 19.0 Å². The Bertz CT molecular complexity index is 670. The van der Waals surface area contributed by atoms with Crippen LogP contribution < -0.4 is 0 Å². The zero-order valence-corrected chi connectivity index (χ0v) is 14.9. The van der Waals surface area contributed by atoms with E-state index < -0.39 is 5.60 Å². The molecule has 3 rings (SSSR count). The molecule has 134 valence electrons. The van der Waals surface area contributed by atoms with Crippen molar-refractivity contribution in [2.75, 3.05) is 46.9 Å². The zero-order chi connectivity index (χ0) is 17.9. The molecule has 0 aliphatic carbocycles. The minimum atomic E-state index is -0.417. The lowest BCUT2D eigenvalue weighted by molar-refractivity contribution is -0.0878. The molecule has 6 heteroatoms. The monoisotopic (exact) mass is 343 g/mol. The van der Waals surface area contributed by atoms with Crippen molar-refractivity contribution in [2.24, 2.45) is 0 Å². The van der Waals surface area contributed by atoms with E-state index in [0.717, 1.165) is 19.4 Å². The third-order valence-electron chi connectivity index (χ3n) is 4.78. The van der Waals surface area contributed by atoms with Crippen molar-refractivity contribution in [3.63, 3.8) is 0 Å². The fraction of sp³-hybridized carbons (Fsp3) is 0.579. The average molecular weight is 343 g/mol. The van der Waals surface area contributed by atoms with Gasteiger partial charge in [-0.2, -0.15) is 5.26 Å². The maximum absolute atomic E-state index is 12.9. The molecule has 2 aliphatic heterocycles. The number of carbonyl (C=O) groups excluding carboxylic acids is 1. The quantitative estimate of drug-likeness (QED) is 0.832. The van der Waals surface area contributed by atoms with Gasteiger partial charge in [-0.15, -0.1) is 0 Å². The molecule has 25 heavy (non-hydrogen) atoms. The Balaban J connectivity index is 1.74. The van der Waals surface area contributed by atoms with E-state index in [-0.39, 0.29) is 12.0 Å². The second-order valence-electron chi connectivity index (χ2n) is 7.20. The molecule has 0 bridgehead atoms. The number of hydrogen-bond donors (Lipinski definition) is 0. The lowest BCUT2D eigenvalue weighted by Crippen LogP contribution is -2.47. The lowest BCUT2D eigenvalue weighted by Gasteiger charge is -2.32. The number of amides is 1. The van der Waals surface area contributed by atoms with Crippen molar-refractivity contribution in [3.05, 3.63) is 35.4 Å². The average Bonchev–Trinajstić information content (AvgIpc) is 2.86. The van der Waals surface area contributed by atoms with Gasteiger partial charge in [0.25, 0.3) is 5.91 Å². The van der Waals surface area contributed by atoms with E-state index in [1.165, 1.54) is 0 Å². The minimum Gasteiger partial charge on any atom is -0.377 e. The number of nitriles is 1. The third kappa shape index (κ3) is 4.18. The van der Waals surface area contributed by atoms with Gasteiger partial charge in [0.05, 0.1) is 37.5 Å². The molecular formula is C19H25N3O3. The van der Waals surface area contributed by atoms with E-state index in [9.17, 15) is 4.79 Å². The largest absolute Gasteiger partial charge is 0.377 e. The van der Waals surface area contributed by atoms with Crippen molar-refractivity contribution >= 4 is 5.91 Å². The summed E-state index contributed by atoms with van der Waals surface area (Å²) in [6.45, 7) is 2.98. The van der Waals surface area contributed by atoms with Gasteiger partial charge in [0.2, 0.25) is 0 Å². The Labute approximate surface area is 148 Å². The zero-order valence-electron chi connectivity index (χ0n) is 14.9. The molecule has 0 aromatic heterocycles. The van der Waals surface area contributed by atoms with Gasteiger partial charge >= 0.3 is 0 Å². The Hall–Kier alpha value is -1.94. The Morgan fingerprint density at radius 2 is 2.32 bits per heavy atom. The Morgan fingerprint density at radius 1 is 1.48 bits per heavy atom. The molecule has 1 aromatic rings. The van der Waals surface area contributed by atoms with Crippen molar-refractivity contribution < 1.29 is 14.3 Å². The van der Waals surface area contributed by atoms with Crippen LogP contribution in [0.1, 0.15) is 28.8 Å². The van der Waals surface area contributed by atoms with Crippen LogP contribution in [-0.2, 0) is 9.47 Å². The van der Waals surface area contributed by atoms with Crippen LogP contribution in [0, 0.1) is 11.3 Å². The van der Waals surface area contributed by atoms with Crippen LogP contribution in [-0.4, -0.2) is 74.4 Å². The summed E-state index contributed by atoms with van der Waals surface area (Å²) in [5.74, 6) is -0.0679. The summed E-state index contributed by atoms with van der Waals surface area (Å²) in [5, 5.41) is 9.05. The first kappa shape index (κ1) is 17.9. The van der Waals surface area contributed by atoms with Crippen LogP contribution in [0.2, 0.25) is 0 Å². The van der Waals surface area contributed by atoms with Gasteiger partial charge in [-0.05, 0) is 45.1 Å². The molecule has 2 fully saturated rings. The standard InChI is InChI=1S/C19H25N3O3/c1-21(2)12-17-6-7-19(25-17)13-22(8-9-24-14-19)18(23)16-5-3-4-15(10-16)11-20/h3-5,10,17H,6-9,12-14H2,1-2H3/t17-,19+/m1/s1. The van der Waals surface area contributed by atoms with Crippen molar-refractivity contribution in [3.8, 4) is 6.07 Å². The van der Waals surface area contributed by atoms with Crippen molar-refractivity contribution in [2.45, 2.75) is 24.5 Å². The first-order valence-corrected chi connectivity index (χ1v) is 8.71. The summed E-state index contributed by atoms with van der Waals surface area (Å²) >= 11 is 0. The fourth-order valence-corrected chi connectivity index (χ4v) is 3.64. The molecule has 0 N–H and O–H groups in total. The molecule has 0 radical (unpaired) electrons. The molecule has 1 aromatic carbocycles. The van der Waals surface area contributed by atoms with Crippen LogP contribution in [0.15, 0.2) is 24.3 Å². The summed E-state index contributed by atoms with van der Waals surface area (Å²) in [7, 11) is 4.08. The molecular weight excluding hydrogens is 318 g/mol. The normalized spacial score (nSPS) is 26.6. The van der Waals surface area contributed by atoms with Crippen LogP contribution in [0.3, 0.4) is 0 Å². The molecule has 0 saturated carbocycles. The van der Waals surface area contributed by atoms with Crippen LogP contribution in [0.25, 0.3) is 0 Å². The molecule has 2 saturated heterocycles. The molecule has 2 atom stereocenters. The maximum atomic E-state index is 12.9. The summed E-state index contributed by atoms with van der Waals surface area (Å²) < 4.78 is 12.1. The summed E-state index contributed by atoms with van der Waals surface area (Å²) in [6.07, 6.45) is 2.05. The topological polar surface area (TPSA) is 65.8 Å². The highest BCUT2D eigenvalue weighted by Gasteiger charge is 2.44. The predicted octanol–water partition coefficient (Wildman–Crippen LogP) is 1.51. The van der Waals surface area contributed by atoms with Gasteiger partial charge in [0, 0.05) is 18.7 Å². The van der Waals surface area contributed by atoms with Crippen LogP contribution in [0.5, 0.6) is 0 Å². The highest BCUT2D eigenvalue weighted by atomic mass is 16.6. The number of nitrogens with zero attached hydrogens (tertiary/aromatic N) is 3. The molecule has 1 amide bonds. The third-order valence-corrected chi connectivity index (χ3v) is 4.78. The number of benzene rings is 1. The second-order valence-corrected chi connectivity index (χ2v) is 7.20. The van der Waals surface area contributed by atoms with Crippen LogP contribution in [0.4, 0.5) is 0 Å². The van der Waals surface area contributed by atoms with E-state index in [2.05, 4.69) is 11.0 Å². The highest BCUT2D eigenvalue weighted by Crippen LogP contribution is 2.33. The first-order chi connectivity index (χ1) is 12.0. The van der Waals surface area contributed by atoms with Gasteiger partial charge in [-0.1, -0.05) is 6.07 Å². The van der Waals surface area contributed by atoms with Gasteiger partial charge in [-0.3, -0.25) is 4.79 Å². The molecule has 1 spiro atoms. The summed E-state index contributed by atoms with van der Waals surface area (Å²) in [4.78, 5) is 16.8. The number of ether oxygens (including phenoxy) is 2. The summed E-state index contributed by atoms with van der Waals surface area (Å²) in [5.41, 5.74) is 0.619. The van der Waals surface area contributed by atoms with Crippen molar-refractivity contribution in [1.29, 1.82) is 5.26 Å². The van der Waals surface area contributed by atoms with E-state index in [4.69, 9.17) is 14.7 Å². The second kappa shape index (κ2) is 7.52. The highest BCUT2D eigenvalue weighted by molar-refractivity contribution is 5.94. The van der Waals surface area contributed by atoms with Crippen LogP contribution >= 0.6 is 0 Å². The Morgan fingerprint density at radius 3 is 3.08 bits per heavy atom. The number of likely N-dealkylation sites (N-methyl/N-ethyl adjacent to an activating group) is 1. The van der Waals surface area contributed by atoms with Gasteiger partial charge in [0.15, 0.2) is 0 Å². The smallest absolute Gasteiger partial charge is 0.254 e. The molecule has 0 unspecified atom stereocenters. The first-order valence-electron chi connectivity index (χ1n) is 8.71. The Kier molecular flexibility index (Phi) is 5.38. The van der Waals surface area contributed by atoms with Gasteiger partial charge in [0.1, 0.15) is 5.60 Å². The number of hydrogen-bond acceptors (Lipinski definition) is 5. The SMILES string of the molecule is CN(C)C[C@H]1CC[C@]2(COCCN(C(=O)c3cccc(C#N)c3)C2)O1. The molecule has 2 heterocycles. The van der Waals surface area contributed by atoms with Gasteiger partial charge in [-0.25, -0.2) is 0 Å². The predicted molar refractivity (Wildman–Crippen MR) is 93.3 cm³/mol. The van der Waals surface area contributed by atoms with E-state index >= 15 is 0 Å². The summed E-state index contributed by atoms with van der Waals surface area (Å²) in [6, 6.07) is 8.93. The minimum absolute atomic E-state index is 0.0679. The van der Waals surface area contributed by atoms with E-state index in [0.29, 0.717) is 37.4 Å². The number of carbonyl (C=O) groups is 1. The van der Waals surface area contributed by atoms with E-state index in [1.54, 1.807) is 24.3 Å². The lowest BCUT2D eigenvalue weighted by atomic mass is 9.99.